The molecule has 17 heavy (non-hydrogen) atoms. The molecule has 0 heterocycles. The predicted molar refractivity (Wildman–Crippen MR) is 65.6 cm³/mol. The van der Waals surface area contributed by atoms with Crippen LogP contribution in [0.4, 0.5) is 0 Å². The molecule has 0 bridgehead atoms. The summed E-state index contributed by atoms with van der Waals surface area (Å²) in [5.74, 6) is -0.0164. The van der Waals surface area contributed by atoms with E-state index in [0.717, 1.165) is 19.1 Å². The first kappa shape index (κ1) is 12.4. The second-order valence-electron chi connectivity index (χ2n) is 4.79. The topological polar surface area (TPSA) is 80.4 Å². The Labute approximate surface area is 101 Å². The van der Waals surface area contributed by atoms with Crippen molar-refractivity contribution >= 4 is 9.84 Å². The number of phenolic OH excluding ortho intramolecular Hbond substituents is 1. The van der Waals surface area contributed by atoms with Gasteiger partial charge < -0.3 is 10.8 Å². The van der Waals surface area contributed by atoms with E-state index in [1.54, 1.807) is 0 Å². The van der Waals surface area contributed by atoms with Gasteiger partial charge in [-0.25, -0.2) is 8.42 Å². The van der Waals surface area contributed by atoms with E-state index in [0.29, 0.717) is 18.4 Å². The zero-order chi connectivity index (χ0) is 12.7. The summed E-state index contributed by atoms with van der Waals surface area (Å²) in [7, 11) is -3.37. The van der Waals surface area contributed by atoms with Crippen LogP contribution in [0.2, 0.25) is 0 Å². The quantitative estimate of drug-likeness (QED) is 0.839. The lowest BCUT2D eigenvalue weighted by Gasteiger charge is -2.27. The van der Waals surface area contributed by atoms with Crippen molar-refractivity contribution in [2.24, 2.45) is 5.73 Å². The van der Waals surface area contributed by atoms with E-state index < -0.39 is 15.4 Å². The summed E-state index contributed by atoms with van der Waals surface area (Å²) in [6, 6.07) is 4.54. The van der Waals surface area contributed by atoms with Crippen LogP contribution in [0.3, 0.4) is 0 Å². The molecule has 0 aliphatic heterocycles. The molecule has 1 aromatic carbocycles. The molecule has 1 fully saturated rings. The van der Waals surface area contributed by atoms with Crippen LogP contribution in [0.25, 0.3) is 0 Å². The van der Waals surface area contributed by atoms with Gasteiger partial charge in [-0.1, -0.05) is 18.9 Å². The average Bonchev–Trinajstić information content (AvgIpc) is 2.64. The van der Waals surface area contributed by atoms with Crippen molar-refractivity contribution in [3.05, 3.63) is 23.8 Å². The maximum Gasteiger partial charge on any atom is 0.176 e. The molecule has 0 aromatic heterocycles. The summed E-state index contributed by atoms with van der Waals surface area (Å²) in [5, 5.41) is 9.94. The van der Waals surface area contributed by atoms with E-state index in [4.69, 9.17) is 5.73 Å². The Bertz CT molecular complexity index is 531. The van der Waals surface area contributed by atoms with Crippen molar-refractivity contribution < 1.29 is 13.5 Å². The smallest absolute Gasteiger partial charge is 0.176 e. The maximum absolute atomic E-state index is 11.7. The van der Waals surface area contributed by atoms with Gasteiger partial charge >= 0.3 is 0 Å². The van der Waals surface area contributed by atoms with Gasteiger partial charge in [0.25, 0.3) is 0 Å². The van der Waals surface area contributed by atoms with E-state index in [-0.39, 0.29) is 10.6 Å². The van der Waals surface area contributed by atoms with E-state index in [9.17, 15) is 13.5 Å². The van der Waals surface area contributed by atoms with Gasteiger partial charge in [0.1, 0.15) is 5.75 Å². The first-order chi connectivity index (χ1) is 7.84. The van der Waals surface area contributed by atoms with Gasteiger partial charge in [0.2, 0.25) is 0 Å². The predicted octanol–water partition coefficient (Wildman–Crippen LogP) is 1.52. The fourth-order valence-electron chi connectivity index (χ4n) is 2.58. The first-order valence-corrected chi connectivity index (χ1v) is 7.55. The van der Waals surface area contributed by atoms with Crippen molar-refractivity contribution in [2.75, 3.05) is 6.26 Å². The minimum Gasteiger partial charge on any atom is -0.508 e. The number of nitrogens with two attached hydrogens (primary N) is 1. The highest BCUT2D eigenvalue weighted by atomic mass is 32.2. The van der Waals surface area contributed by atoms with Crippen LogP contribution in [0.5, 0.6) is 5.75 Å². The summed E-state index contributed by atoms with van der Waals surface area (Å²) in [6.07, 6.45) is 4.51. The van der Waals surface area contributed by atoms with Crippen LogP contribution in [0.15, 0.2) is 23.1 Å². The monoisotopic (exact) mass is 255 g/mol. The van der Waals surface area contributed by atoms with E-state index in [1.165, 1.54) is 18.2 Å². The van der Waals surface area contributed by atoms with Gasteiger partial charge in [-0.05, 0) is 25.0 Å². The van der Waals surface area contributed by atoms with E-state index in [1.807, 2.05) is 0 Å². The summed E-state index contributed by atoms with van der Waals surface area (Å²) in [6.45, 7) is 0. The normalized spacial score (nSPS) is 19.4. The molecule has 1 aliphatic carbocycles. The number of phenols is 1. The van der Waals surface area contributed by atoms with Crippen LogP contribution >= 0.6 is 0 Å². The summed E-state index contributed by atoms with van der Waals surface area (Å²) in [4.78, 5) is 0.155. The summed E-state index contributed by atoms with van der Waals surface area (Å²) < 4.78 is 23.5. The van der Waals surface area contributed by atoms with Gasteiger partial charge in [0.15, 0.2) is 9.84 Å². The molecule has 5 heteroatoms. The highest BCUT2D eigenvalue weighted by Crippen LogP contribution is 2.43. The molecule has 0 atom stereocenters. The Kier molecular flexibility index (Phi) is 2.91. The van der Waals surface area contributed by atoms with Crippen LogP contribution in [0, 0.1) is 0 Å². The molecule has 0 radical (unpaired) electrons. The lowest BCUT2D eigenvalue weighted by Crippen LogP contribution is -2.34. The molecular formula is C12H17NO3S. The van der Waals surface area contributed by atoms with Gasteiger partial charge in [-0.2, -0.15) is 0 Å². The number of hydrogen-bond donors (Lipinski definition) is 2. The summed E-state index contributed by atoms with van der Waals surface area (Å²) in [5.41, 5.74) is 5.94. The minimum absolute atomic E-state index is 0.0164. The molecule has 4 nitrogen and oxygen atoms in total. The van der Waals surface area contributed by atoms with Gasteiger partial charge in [0, 0.05) is 17.4 Å². The molecular weight excluding hydrogens is 238 g/mol. The van der Waals surface area contributed by atoms with Crippen LogP contribution in [0.1, 0.15) is 31.2 Å². The standard InChI is InChI=1S/C12H17NO3S/c1-17(15,16)10-6-4-5-9(14)11(10)12(13)7-2-3-8-12/h4-6,14H,2-3,7-8,13H2,1H3. The molecule has 0 spiro atoms. The van der Waals surface area contributed by atoms with E-state index in [2.05, 4.69) is 0 Å². The Morgan fingerprint density at radius 1 is 1.29 bits per heavy atom. The fourth-order valence-corrected chi connectivity index (χ4v) is 3.59. The number of benzene rings is 1. The Balaban J connectivity index is 2.67. The highest BCUT2D eigenvalue weighted by Gasteiger charge is 2.37. The lowest BCUT2D eigenvalue weighted by molar-refractivity contribution is 0.400. The van der Waals surface area contributed by atoms with Crippen molar-refractivity contribution in [2.45, 2.75) is 36.1 Å². The van der Waals surface area contributed by atoms with Crippen molar-refractivity contribution in [1.29, 1.82) is 0 Å². The molecule has 2 rings (SSSR count). The Morgan fingerprint density at radius 3 is 2.41 bits per heavy atom. The molecule has 3 N–H and O–H groups in total. The van der Waals surface area contributed by atoms with Crippen LogP contribution < -0.4 is 5.73 Å². The first-order valence-electron chi connectivity index (χ1n) is 5.66. The van der Waals surface area contributed by atoms with Crippen molar-refractivity contribution in [3.63, 3.8) is 0 Å². The van der Waals surface area contributed by atoms with Crippen molar-refractivity contribution in [3.8, 4) is 5.75 Å². The SMILES string of the molecule is CS(=O)(=O)c1cccc(O)c1C1(N)CCCC1. The van der Waals surface area contributed by atoms with Crippen LogP contribution in [-0.2, 0) is 15.4 Å². The molecule has 1 saturated carbocycles. The van der Waals surface area contributed by atoms with Crippen molar-refractivity contribution in [1.82, 2.24) is 0 Å². The Morgan fingerprint density at radius 2 is 1.88 bits per heavy atom. The number of aromatic hydroxyl groups is 1. The third-order valence-corrected chi connectivity index (χ3v) is 4.54. The molecule has 1 aliphatic rings. The zero-order valence-corrected chi connectivity index (χ0v) is 10.6. The van der Waals surface area contributed by atoms with Gasteiger partial charge in [-0.15, -0.1) is 0 Å². The molecule has 0 saturated heterocycles. The Hall–Kier alpha value is -1.07. The lowest BCUT2D eigenvalue weighted by atomic mass is 9.88. The molecule has 1 aromatic rings. The number of sulfone groups is 1. The molecule has 0 unspecified atom stereocenters. The minimum atomic E-state index is -3.37. The third kappa shape index (κ3) is 2.17. The highest BCUT2D eigenvalue weighted by molar-refractivity contribution is 7.90. The molecule has 94 valence electrons. The third-order valence-electron chi connectivity index (χ3n) is 3.40. The van der Waals surface area contributed by atoms with Gasteiger partial charge in [0.05, 0.1) is 4.90 Å². The number of rotatable bonds is 2. The number of hydrogen-bond acceptors (Lipinski definition) is 4. The molecule has 0 amide bonds. The van der Waals surface area contributed by atoms with Crippen LogP contribution in [-0.4, -0.2) is 19.8 Å². The maximum atomic E-state index is 11.7. The zero-order valence-electron chi connectivity index (χ0n) is 9.81. The fraction of sp³-hybridized carbons (Fsp3) is 0.500. The second-order valence-corrected chi connectivity index (χ2v) is 6.77. The largest absolute Gasteiger partial charge is 0.508 e. The van der Waals surface area contributed by atoms with E-state index >= 15 is 0 Å². The average molecular weight is 255 g/mol. The van der Waals surface area contributed by atoms with Gasteiger partial charge in [-0.3, -0.25) is 0 Å². The summed E-state index contributed by atoms with van der Waals surface area (Å²) >= 11 is 0. The second kappa shape index (κ2) is 3.99.